The SMILES string of the molecule is N#Cc1ccc(C(O)CNc2cc(F)c(F)cc2F)cc1. The number of nitriles is 1. The summed E-state index contributed by atoms with van der Waals surface area (Å²) in [5, 5.41) is 21.1. The fraction of sp³-hybridized carbons (Fsp3) is 0.133. The third kappa shape index (κ3) is 3.52. The molecule has 2 aromatic rings. The first kappa shape index (κ1) is 14.9. The molecule has 6 heteroatoms. The fourth-order valence-electron chi connectivity index (χ4n) is 1.76. The minimum Gasteiger partial charge on any atom is -0.387 e. The van der Waals surface area contributed by atoms with Crippen LogP contribution in [-0.2, 0) is 0 Å². The van der Waals surface area contributed by atoms with E-state index in [1.165, 1.54) is 12.1 Å². The number of nitrogens with one attached hydrogen (secondary N) is 1. The number of nitrogens with zero attached hydrogens (tertiary/aromatic N) is 1. The summed E-state index contributed by atoms with van der Waals surface area (Å²) in [4.78, 5) is 0. The van der Waals surface area contributed by atoms with Gasteiger partial charge in [0.25, 0.3) is 0 Å². The fourth-order valence-corrected chi connectivity index (χ4v) is 1.76. The molecule has 0 amide bonds. The molecule has 2 aromatic carbocycles. The lowest BCUT2D eigenvalue weighted by Crippen LogP contribution is -2.13. The van der Waals surface area contributed by atoms with Gasteiger partial charge in [-0.3, -0.25) is 0 Å². The maximum Gasteiger partial charge on any atom is 0.161 e. The van der Waals surface area contributed by atoms with Gasteiger partial charge in [-0.05, 0) is 17.7 Å². The van der Waals surface area contributed by atoms with Gasteiger partial charge in [0.15, 0.2) is 11.6 Å². The highest BCUT2D eigenvalue weighted by atomic mass is 19.2. The number of halogens is 3. The van der Waals surface area contributed by atoms with Crippen molar-refractivity contribution >= 4 is 5.69 Å². The first-order chi connectivity index (χ1) is 10.0. The number of hydrogen-bond donors (Lipinski definition) is 2. The first-order valence-electron chi connectivity index (χ1n) is 6.08. The average molecular weight is 292 g/mol. The van der Waals surface area contributed by atoms with Crippen LogP contribution in [0.2, 0.25) is 0 Å². The average Bonchev–Trinajstić information content (AvgIpc) is 2.49. The Hall–Kier alpha value is -2.52. The lowest BCUT2D eigenvalue weighted by Gasteiger charge is -2.14. The van der Waals surface area contributed by atoms with E-state index in [9.17, 15) is 18.3 Å². The van der Waals surface area contributed by atoms with Gasteiger partial charge >= 0.3 is 0 Å². The summed E-state index contributed by atoms with van der Waals surface area (Å²) in [6.07, 6.45) is -0.981. The summed E-state index contributed by atoms with van der Waals surface area (Å²) >= 11 is 0. The van der Waals surface area contributed by atoms with Crippen LogP contribution in [0.5, 0.6) is 0 Å². The molecule has 0 saturated heterocycles. The van der Waals surface area contributed by atoms with Crippen molar-refractivity contribution in [2.24, 2.45) is 0 Å². The molecule has 1 unspecified atom stereocenters. The molecule has 21 heavy (non-hydrogen) atoms. The van der Waals surface area contributed by atoms with Gasteiger partial charge in [0.2, 0.25) is 0 Å². The van der Waals surface area contributed by atoms with E-state index in [4.69, 9.17) is 5.26 Å². The van der Waals surface area contributed by atoms with Gasteiger partial charge in [-0.25, -0.2) is 13.2 Å². The molecule has 1 atom stereocenters. The van der Waals surface area contributed by atoms with Crippen LogP contribution >= 0.6 is 0 Å². The van der Waals surface area contributed by atoms with Gasteiger partial charge < -0.3 is 10.4 Å². The van der Waals surface area contributed by atoms with Gasteiger partial charge in [0.05, 0.1) is 23.4 Å². The van der Waals surface area contributed by atoms with Gasteiger partial charge in [-0.1, -0.05) is 12.1 Å². The lowest BCUT2D eigenvalue weighted by atomic mass is 10.1. The standard InChI is InChI=1S/C15H11F3N2O/c16-11-5-13(18)14(6-12(11)17)20-8-15(21)10-3-1-9(7-19)2-4-10/h1-6,15,20-21H,8H2. The molecule has 0 fully saturated rings. The highest BCUT2D eigenvalue weighted by Crippen LogP contribution is 2.20. The molecule has 0 radical (unpaired) electrons. The number of hydrogen-bond acceptors (Lipinski definition) is 3. The molecule has 2 N–H and O–H groups in total. The normalized spacial score (nSPS) is 11.8. The predicted octanol–water partition coefficient (Wildman–Crippen LogP) is 3.12. The Bertz CT molecular complexity index is 681. The zero-order chi connectivity index (χ0) is 15.4. The minimum absolute atomic E-state index is 0.0894. The van der Waals surface area contributed by atoms with Crippen LogP contribution in [0.3, 0.4) is 0 Å². The number of aliphatic hydroxyl groups excluding tert-OH is 1. The van der Waals surface area contributed by atoms with Crippen LogP contribution in [0.25, 0.3) is 0 Å². The molecule has 3 nitrogen and oxygen atoms in total. The molecule has 0 aliphatic heterocycles. The molecular formula is C15H11F3N2O. The van der Waals surface area contributed by atoms with Crippen molar-refractivity contribution in [3.8, 4) is 6.07 Å². The zero-order valence-electron chi connectivity index (χ0n) is 10.8. The van der Waals surface area contributed by atoms with Crippen LogP contribution in [-0.4, -0.2) is 11.7 Å². The van der Waals surface area contributed by atoms with Crippen LogP contribution in [0.4, 0.5) is 18.9 Å². The van der Waals surface area contributed by atoms with E-state index >= 15 is 0 Å². The number of benzene rings is 2. The van der Waals surface area contributed by atoms with Gasteiger partial charge in [-0.15, -0.1) is 0 Å². The first-order valence-corrected chi connectivity index (χ1v) is 6.08. The molecule has 0 aliphatic rings. The van der Waals surface area contributed by atoms with Crippen molar-refractivity contribution in [2.45, 2.75) is 6.10 Å². The van der Waals surface area contributed by atoms with Crippen molar-refractivity contribution < 1.29 is 18.3 Å². The summed E-state index contributed by atoms with van der Waals surface area (Å²) in [5.74, 6) is -3.39. The molecule has 0 bridgehead atoms. The lowest BCUT2D eigenvalue weighted by molar-refractivity contribution is 0.191. The van der Waals surface area contributed by atoms with Crippen LogP contribution in [0.15, 0.2) is 36.4 Å². The Labute approximate surface area is 119 Å². The number of rotatable bonds is 4. The van der Waals surface area contributed by atoms with Crippen LogP contribution < -0.4 is 5.32 Å². The smallest absolute Gasteiger partial charge is 0.161 e. The van der Waals surface area contributed by atoms with E-state index in [-0.39, 0.29) is 12.2 Å². The molecule has 0 spiro atoms. The summed E-state index contributed by atoms with van der Waals surface area (Å²) in [6.45, 7) is -0.0894. The van der Waals surface area contributed by atoms with Crippen molar-refractivity contribution in [3.05, 3.63) is 65.0 Å². The number of aliphatic hydroxyl groups is 1. The largest absolute Gasteiger partial charge is 0.387 e. The molecule has 0 aromatic heterocycles. The highest BCUT2D eigenvalue weighted by Gasteiger charge is 2.12. The molecule has 0 heterocycles. The van der Waals surface area contributed by atoms with Crippen molar-refractivity contribution in [1.82, 2.24) is 0 Å². The maximum absolute atomic E-state index is 13.4. The number of anilines is 1. The van der Waals surface area contributed by atoms with Crippen molar-refractivity contribution in [1.29, 1.82) is 5.26 Å². The molecule has 2 rings (SSSR count). The monoisotopic (exact) mass is 292 g/mol. The molecular weight excluding hydrogens is 281 g/mol. The Kier molecular flexibility index (Phi) is 4.45. The Morgan fingerprint density at radius 3 is 2.29 bits per heavy atom. The van der Waals surface area contributed by atoms with Crippen LogP contribution in [0, 0.1) is 28.8 Å². The quantitative estimate of drug-likeness (QED) is 0.851. The third-order valence-electron chi connectivity index (χ3n) is 2.92. The molecule has 108 valence electrons. The third-order valence-corrected chi connectivity index (χ3v) is 2.92. The Morgan fingerprint density at radius 2 is 1.67 bits per heavy atom. The van der Waals surface area contributed by atoms with Gasteiger partial charge in [0, 0.05) is 18.7 Å². The Balaban J connectivity index is 2.05. The summed E-state index contributed by atoms with van der Waals surface area (Å²) in [6, 6.07) is 9.27. The van der Waals surface area contributed by atoms with Crippen LogP contribution in [0.1, 0.15) is 17.2 Å². The van der Waals surface area contributed by atoms with Crippen molar-refractivity contribution in [2.75, 3.05) is 11.9 Å². The topological polar surface area (TPSA) is 56.0 Å². The Morgan fingerprint density at radius 1 is 1.05 bits per heavy atom. The second-order valence-corrected chi connectivity index (χ2v) is 4.38. The van der Waals surface area contributed by atoms with E-state index in [1.54, 1.807) is 12.1 Å². The predicted molar refractivity (Wildman–Crippen MR) is 70.9 cm³/mol. The highest BCUT2D eigenvalue weighted by molar-refractivity contribution is 5.45. The van der Waals surface area contributed by atoms with E-state index in [0.29, 0.717) is 23.3 Å². The van der Waals surface area contributed by atoms with Gasteiger partial charge in [-0.2, -0.15) is 5.26 Å². The molecule has 0 saturated carbocycles. The zero-order valence-corrected chi connectivity index (χ0v) is 10.8. The van der Waals surface area contributed by atoms with E-state index in [0.717, 1.165) is 0 Å². The maximum atomic E-state index is 13.4. The second kappa shape index (κ2) is 6.29. The second-order valence-electron chi connectivity index (χ2n) is 4.38. The molecule has 0 aliphatic carbocycles. The van der Waals surface area contributed by atoms with E-state index < -0.39 is 23.6 Å². The van der Waals surface area contributed by atoms with Crippen molar-refractivity contribution in [3.63, 3.8) is 0 Å². The van der Waals surface area contributed by atoms with Gasteiger partial charge in [0.1, 0.15) is 5.82 Å². The minimum atomic E-state index is -1.27. The summed E-state index contributed by atoms with van der Waals surface area (Å²) in [7, 11) is 0. The van der Waals surface area contributed by atoms with E-state index in [2.05, 4.69) is 5.32 Å². The van der Waals surface area contributed by atoms with E-state index in [1.807, 2.05) is 6.07 Å². The summed E-state index contributed by atoms with van der Waals surface area (Å²) in [5.41, 5.74) is 0.733. The summed E-state index contributed by atoms with van der Waals surface area (Å²) < 4.78 is 39.2.